The molecule has 0 fully saturated rings. The van der Waals surface area contributed by atoms with Gasteiger partial charge in [0.15, 0.2) is 6.10 Å². The summed E-state index contributed by atoms with van der Waals surface area (Å²) in [4.78, 5) is 40.2. The largest absolute Gasteiger partial charge is 0.479 e. The zero-order chi connectivity index (χ0) is 22.4. The second-order valence-corrected chi connectivity index (χ2v) is 7.11. The van der Waals surface area contributed by atoms with Crippen molar-refractivity contribution in [2.24, 2.45) is 0 Å². The molecule has 2 aromatic carbocycles. The van der Waals surface area contributed by atoms with Gasteiger partial charge in [-0.2, -0.15) is 0 Å². The van der Waals surface area contributed by atoms with E-state index in [0.717, 1.165) is 22.3 Å². The fourth-order valence-electron chi connectivity index (χ4n) is 3.45. The molecule has 2 amide bonds. The van der Waals surface area contributed by atoms with Crippen molar-refractivity contribution in [1.82, 2.24) is 10.8 Å². The lowest BCUT2D eigenvalue weighted by atomic mass is 9.98. The van der Waals surface area contributed by atoms with Gasteiger partial charge in [0.1, 0.15) is 12.6 Å². The van der Waals surface area contributed by atoms with E-state index in [2.05, 4.69) is 11.9 Å². The van der Waals surface area contributed by atoms with Crippen LogP contribution in [0.5, 0.6) is 0 Å². The SMILES string of the molecule is C=CCC(NC(=O)OCC1c2ccccc2-c2ccccc21)C(=O)NOC(C)C(=O)O. The van der Waals surface area contributed by atoms with Crippen molar-refractivity contribution in [3.05, 3.63) is 72.3 Å². The Labute approximate surface area is 179 Å². The third kappa shape index (κ3) is 5.10. The first kappa shape index (κ1) is 22.0. The Morgan fingerprint density at radius 1 is 1.10 bits per heavy atom. The first-order valence-electron chi connectivity index (χ1n) is 9.83. The number of aliphatic carboxylic acids is 1. The first-order valence-corrected chi connectivity index (χ1v) is 9.83. The Hall–Kier alpha value is -3.65. The summed E-state index contributed by atoms with van der Waals surface area (Å²) in [6.07, 6.45) is -0.437. The van der Waals surface area contributed by atoms with Crippen LogP contribution in [0.3, 0.4) is 0 Å². The summed E-state index contributed by atoms with van der Waals surface area (Å²) in [6, 6.07) is 14.9. The molecule has 0 aliphatic heterocycles. The number of fused-ring (bicyclic) bond motifs is 3. The molecular formula is C23H24N2O6. The molecule has 2 unspecified atom stereocenters. The number of hydrogen-bond donors (Lipinski definition) is 3. The highest BCUT2D eigenvalue weighted by atomic mass is 16.7. The molecule has 0 saturated carbocycles. The average molecular weight is 424 g/mol. The van der Waals surface area contributed by atoms with Crippen LogP contribution in [-0.2, 0) is 19.2 Å². The number of ether oxygens (including phenoxy) is 1. The monoisotopic (exact) mass is 424 g/mol. The third-order valence-corrected chi connectivity index (χ3v) is 5.04. The smallest absolute Gasteiger partial charge is 0.407 e. The standard InChI is InChI=1S/C23H24N2O6/c1-3-8-20(21(26)25-31-14(2)22(27)28)24-23(29)30-13-19-17-11-6-4-9-15(17)16-10-5-7-12-18(16)19/h3-7,9-12,14,19-20H,1,8,13H2,2H3,(H,24,29)(H,25,26)(H,27,28). The summed E-state index contributed by atoms with van der Waals surface area (Å²) in [5.41, 5.74) is 6.42. The molecule has 162 valence electrons. The van der Waals surface area contributed by atoms with Gasteiger partial charge in [-0.15, -0.1) is 6.58 Å². The molecule has 0 heterocycles. The number of amides is 2. The highest BCUT2D eigenvalue weighted by molar-refractivity contribution is 5.85. The van der Waals surface area contributed by atoms with Crippen LogP contribution < -0.4 is 10.8 Å². The summed E-state index contributed by atoms with van der Waals surface area (Å²) in [6.45, 7) is 4.94. The summed E-state index contributed by atoms with van der Waals surface area (Å²) in [7, 11) is 0. The average Bonchev–Trinajstić information content (AvgIpc) is 3.09. The van der Waals surface area contributed by atoms with Crippen molar-refractivity contribution in [1.29, 1.82) is 0 Å². The van der Waals surface area contributed by atoms with Crippen LogP contribution in [0.15, 0.2) is 61.2 Å². The number of hydroxylamine groups is 1. The zero-order valence-electron chi connectivity index (χ0n) is 17.0. The van der Waals surface area contributed by atoms with Gasteiger partial charge in [0.2, 0.25) is 0 Å². The predicted molar refractivity (Wildman–Crippen MR) is 113 cm³/mol. The van der Waals surface area contributed by atoms with Crippen molar-refractivity contribution in [3.8, 4) is 11.1 Å². The quantitative estimate of drug-likeness (QED) is 0.421. The highest BCUT2D eigenvalue weighted by Gasteiger charge is 2.29. The van der Waals surface area contributed by atoms with Crippen LogP contribution in [0.4, 0.5) is 4.79 Å². The van der Waals surface area contributed by atoms with Gasteiger partial charge in [-0.25, -0.2) is 15.1 Å². The minimum absolute atomic E-state index is 0.106. The van der Waals surface area contributed by atoms with Gasteiger partial charge >= 0.3 is 12.1 Å². The maximum absolute atomic E-state index is 12.4. The lowest BCUT2D eigenvalue weighted by Crippen LogP contribution is -2.48. The Kier molecular flexibility index (Phi) is 7.04. The topological polar surface area (TPSA) is 114 Å². The Morgan fingerprint density at radius 3 is 2.23 bits per heavy atom. The molecule has 8 heteroatoms. The normalized spacial score (nSPS) is 14.0. The minimum atomic E-state index is -1.23. The number of carbonyl (C=O) groups is 3. The van der Waals surface area contributed by atoms with Crippen molar-refractivity contribution in [2.45, 2.75) is 31.4 Å². The van der Waals surface area contributed by atoms with Gasteiger partial charge in [0, 0.05) is 5.92 Å². The van der Waals surface area contributed by atoms with E-state index >= 15 is 0 Å². The van der Waals surface area contributed by atoms with Crippen LogP contribution in [0.2, 0.25) is 0 Å². The predicted octanol–water partition coefficient (Wildman–Crippen LogP) is 2.99. The summed E-state index contributed by atoms with van der Waals surface area (Å²) < 4.78 is 5.43. The third-order valence-electron chi connectivity index (χ3n) is 5.04. The molecular weight excluding hydrogens is 400 g/mol. The van der Waals surface area contributed by atoms with Crippen molar-refractivity contribution >= 4 is 18.0 Å². The minimum Gasteiger partial charge on any atom is -0.479 e. The molecule has 2 aromatic rings. The van der Waals surface area contributed by atoms with E-state index in [1.54, 1.807) is 0 Å². The molecule has 1 aliphatic rings. The number of carbonyl (C=O) groups excluding carboxylic acids is 2. The number of carboxylic acid groups (broad SMARTS) is 1. The maximum Gasteiger partial charge on any atom is 0.407 e. The molecule has 31 heavy (non-hydrogen) atoms. The van der Waals surface area contributed by atoms with Gasteiger partial charge in [-0.1, -0.05) is 54.6 Å². The number of alkyl carbamates (subject to hydrolysis) is 1. The first-order chi connectivity index (χ1) is 14.9. The van der Waals surface area contributed by atoms with Gasteiger partial charge < -0.3 is 15.2 Å². The molecule has 0 aromatic heterocycles. The lowest BCUT2D eigenvalue weighted by molar-refractivity contribution is -0.159. The Balaban J connectivity index is 1.61. The Morgan fingerprint density at radius 2 is 1.68 bits per heavy atom. The summed E-state index contributed by atoms with van der Waals surface area (Å²) in [5, 5.41) is 11.3. The molecule has 2 atom stereocenters. The van der Waals surface area contributed by atoms with Crippen LogP contribution in [0.25, 0.3) is 11.1 Å². The van der Waals surface area contributed by atoms with Crippen LogP contribution >= 0.6 is 0 Å². The van der Waals surface area contributed by atoms with Crippen molar-refractivity contribution < 1.29 is 29.1 Å². The van der Waals surface area contributed by atoms with Crippen LogP contribution in [0.1, 0.15) is 30.4 Å². The van der Waals surface area contributed by atoms with Crippen molar-refractivity contribution in [2.75, 3.05) is 6.61 Å². The maximum atomic E-state index is 12.4. The van der Waals surface area contributed by atoms with E-state index < -0.39 is 30.1 Å². The Bertz CT molecular complexity index is 944. The molecule has 0 bridgehead atoms. The number of hydrogen-bond acceptors (Lipinski definition) is 5. The fraction of sp³-hybridized carbons (Fsp3) is 0.261. The molecule has 0 saturated heterocycles. The molecule has 1 aliphatic carbocycles. The number of nitrogens with one attached hydrogen (secondary N) is 2. The summed E-state index contributed by atoms with van der Waals surface area (Å²) >= 11 is 0. The van der Waals surface area contributed by atoms with Crippen LogP contribution in [0, 0.1) is 0 Å². The second-order valence-electron chi connectivity index (χ2n) is 7.11. The van der Waals surface area contributed by atoms with Gasteiger partial charge in [-0.05, 0) is 35.6 Å². The fourth-order valence-corrected chi connectivity index (χ4v) is 3.45. The molecule has 0 spiro atoms. The molecule has 8 nitrogen and oxygen atoms in total. The van der Waals surface area contributed by atoms with E-state index in [-0.39, 0.29) is 18.9 Å². The molecule has 3 N–H and O–H groups in total. The summed E-state index contributed by atoms with van der Waals surface area (Å²) in [5.74, 6) is -2.05. The highest BCUT2D eigenvalue weighted by Crippen LogP contribution is 2.44. The van der Waals surface area contributed by atoms with Crippen molar-refractivity contribution in [3.63, 3.8) is 0 Å². The van der Waals surface area contributed by atoms with Gasteiger partial charge in [0.05, 0.1) is 0 Å². The zero-order valence-corrected chi connectivity index (χ0v) is 17.0. The van der Waals surface area contributed by atoms with Crippen LogP contribution in [-0.4, -0.2) is 41.8 Å². The van der Waals surface area contributed by atoms with E-state index in [9.17, 15) is 14.4 Å². The van der Waals surface area contributed by atoms with E-state index in [4.69, 9.17) is 14.7 Å². The van der Waals surface area contributed by atoms with Gasteiger partial charge in [0.25, 0.3) is 5.91 Å². The van der Waals surface area contributed by atoms with E-state index in [0.29, 0.717) is 0 Å². The molecule has 0 radical (unpaired) electrons. The lowest BCUT2D eigenvalue weighted by Gasteiger charge is -2.19. The van der Waals surface area contributed by atoms with Gasteiger partial charge in [-0.3, -0.25) is 9.63 Å². The number of carboxylic acids is 1. The number of benzene rings is 2. The van der Waals surface area contributed by atoms with E-state index in [1.807, 2.05) is 54.0 Å². The second kappa shape index (κ2) is 9.90. The molecule has 3 rings (SSSR count). The van der Waals surface area contributed by atoms with E-state index in [1.165, 1.54) is 13.0 Å². The number of rotatable bonds is 9.